The lowest BCUT2D eigenvalue weighted by Crippen LogP contribution is -2.56. The smallest absolute Gasteiger partial charge is 0.264 e. The third-order valence-corrected chi connectivity index (χ3v) is 8.98. The van der Waals surface area contributed by atoms with E-state index in [0.29, 0.717) is 11.4 Å². The van der Waals surface area contributed by atoms with Crippen molar-refractivity contribution in [2.75, 3.05) is 18.0 Å². The van der Waals surface area contributed by atoms with E-state index in [1.54, 1.807) is 61.7 Å². The van der Waals surface area contributed by atoms with E-state index in [2.05, 4.69) is 5.32 Å². The molecule has 4 rings (SSSR count). The van der Waals surface area contributed by atoms with Crippen molar-refractivity contribution >= 4 is 27.5 Å². The standard InChI is InChI=1S/C36H41N3O5S/c1-27-19-21-32(22-20-27)45(42,43)39(30-16-10-7-11-17-30)26-34(40)38(25-29-15-12-18-31(23-29)44-5)33(35(41)37-36(2,3)4)24-28-13-8-6-9-14-28/h6-23,33H,24-26H2,1-5H3,(H,37,41). The van der Waals surface area contributed by atoms with E-state index in [1.807, 2.05) is 70.2 Å². The van der Waals surface area contributed by atoms with E-state index in [9.17, 15) is 18.0 Å². The molecule has 8 nitrogen and oxygen atoms in total. The van der Waals surface area contributed by atoms with Crippen LogP contribution in [0, 0.1) is 6.92 Å². The Balaban J connectivity index is 1.81. The molecular formula is C36H41N3O5S. The highest BCUT2D eigenvalue weighted by molar-refractivity contribution is 7.92. The van der Waals surface area contributed by atoms with Crippen LogP contribution in [0.25, 0.3) is 0 Å². The maximum Gasteiger partial charge on any atom is 0.264 e. The number of ether oxygens (including phenoxy) is 1. The first-order valence-electron chi connectivity index (χ1n) is 14.8. The van der Waals surface area contributed by atoms with Gasteiger partial charge in [0, 0.05) is 18.5 Å². The Morgan fingerprint density at radius 2 is 1.42 bits per heavy atom. The van der Waals surface area contributed by atoms with Crippen molar-refractivity contribution in [3.8, 4) is 5.75 Å². The molecule has 0 radical (unpaired) electrons. The lowest BCUT2D eigenvalue weighted by molar-refractivity contribution is -0.140. The van der Waals surface area contributed by atoms with Crippen LogP contribution in [0.3, 0.4) is 0 Å². The van der Waals surface area contributed by atoms with Crippen LogP contribution in [0.5, 0.6) is 5.75 Å². The Morgan fingerprint density at radius 3 is 2.02 bits per heavy atom. The van der Waals surface area contributed by atoms with E-state index in [1.165, 1.54) is 17.0 Å². The summed E-state index contributed by atoms with van der Waals surface area (Å²) in [6.45, 7) is 7.05. The minimum atomic E-state index is -4.15. The molecule has 0 aliphatic rings. The Morgan fingerprint density at radius 1 is 0.822 bits per heavy atom. The minimum absolute atomic E-state index is 0.0539. The maximum absolute atomic E-state index is 14.5. The fraction of sp³-hybridized carbons (Fsp3) is 0.278. The van der Waals surface area contributed by atoms with Crippen LogP contribution in [0.1, 0.15) is 37.5 Å². The number of hydrogen-bond donors (Lipinski definition) is 1. The van der Waals surface area contributed by atoms with Gasteiger partial charge in [-0.15, -0.1) is 0 Å². The molecule has 9 heteroatoms. The van der Waals surface area contributed by atoms with Crippen LogP contribution in [0.4, 0.5) is 5.69 Å². The summed E-state index contributed by atoms with van der Waals surface area (Å²) in [5, 5.41) is 3.04. The number of nitrogens with zero attached hydrogens (tertiary/aromatic N) is 2. The van der Waals surface area contributed by atoms with Crippen molar-refractivity contribution in [1.29, 1.82) is 0 Å². The second kappa shape index (κ2) is 14.4. The van der Waals surface area contributed by atoms with Crippen molar-refractivity contribution in [3.05, 3.63) is 126 Å². The van der Waals surface area contributed by atoms with Crippen LogP contribution >= 0.6 is 0 Å². The zero-order valence-corrected chi connectivity index (χ0v) is 27.3. The highest BCUT2D eigenvalue weighted by Gasteiger charge is 2.35. The molecular weight excluding hydrogens is 586 g/mol. The molecule has 0 bridgehead atoms. The minimum Gasteiger partial charge on any atom is -0.497 e. The number of hydrogen-bond acceptors (Lipinski definition) is 5. The van der Waals surface area contributed by atoms with E-state index in [4.69, 9.17) is 4.74 Å². The molecule has 2 amide bonds. The number of sulfonamides is 1. The molecule has 0 aromatic heterocycles. The van der Waals surface area contributed by atoms with Crippen LogP contribution < -0.4 is 14.4 Å². The van der Waals surface area contributed by atoms with Crippen molar-refractivity contribution < 1.29 is 22.7 Å². The largest absolute Gasteiger partial charge is 0.497 e. The Bertz CT molecular complexity index is 1690. The number of carbonyl (C=O) groups excluding carboxylic acids is 2. The van der Waals surface area contributed by atoms with E-state index >= 15 is 0 Å². The Labute approximate surface area is 266 Å². The molecule has 0 aliphatic heterocycles. The third kappa shape index (κ3) is 8.95. The average molecular weight is 628 g/mol. The van der Waals surface area contributed by atoms with Crippen LogP contribution in [0.2, 0.25) is 0 Å². The van der Waals surface area contributed by atoms with Gasteiger partial charge in [0.25, 0.3) is 10.0 Å². The SMILES string of the molecule is COc1cccc(CN(C(=O)CN(c2ccccc2)S(=O)(=O)c2ccc(C)cc2)C(Cc2ccccc2)C(=O)NC(C)(C)C)c1. The summed E-state index contributed by atoms with van der Waals surface area (Å²) in [6.07, 6.45) is 0.231. The zero-order valence-electron chi connectivity index (χ0n) is 26.4. The van der Waals surface area contributed by atoms with Crippen LogP contribution in [-0.2, 0) is 32.6 Å². The molecule has 45 heavy (non-hydrogen) atoms. The number of anilines is 1. The second-order valence-corrected chi connectivity index (χ2v) is 13.8. The summed E-state index contributed by atoms with van der Waals surface area (Å²) >= 11 is 0. The van der Waals surface area contributed by atoms with Crippen molar-refractivity contribution in [1.82, 2.24) is 10.2 Å². The van der Waals surface area contributed by atoms with Gasteiger partial charge < -0.3 is 15.0 Å². The third-order valence-electron chi connectivity index (χ3n) is 7.19. The molecule has 0 heterocycles. The van der Waals surface area contributed by atoms with Gasteiger partial charge in [-0.3, -0.25) is 13.9 Å². The highest BCUT2D eigenvalue weighted by atomic mass is 32.2. The molecule has 0 saturated carbocycles. The fourth-order valence-electron chi connectivity index (χ4n) is 4.93. The van der Waals surface area contributed by atoms with Gasteiger partial charge in [-0.2, -0.15) is 0 Å². The molecule has 4 aromatic carbocycles. The number of methoxy groups -OCH3 is 1. The average Bonchev–Trinajstić information content (AvgIpc) is 3.01. The monoisotopic (exact) mass is 627 g/mol. The number of benzene rings is 4. The number of amides is 2. The Kier molecular flexibility index (Phi) is 10.7. The van der Waals surface area contributed by atoms with E-state index < -0.39 is 34.1 Å². The maximum atomic E-state index is 14.5. The van der Waals surface area contributed by atoms with Gasteiger partial charge in [0.05, 0.1) is 17.7 Å². The first kappa shape index (κ1) is 33.3. The molecule has 0 spiro atoms. The molecule has 0 aliphatic carbocycles. The van der Waals surface area contributed by atoms with Crippen LogP contribution in [-0.4, -0.2) is 50.4 Å². The van der Waals surface area contributed by atoms with Gasteiger partial charge in [-0.1, -0.05) is 78.4 Å². The highest BCUT2D eigenvalue weighted by Crippen LogP contribution is 2.26. The lowest BCUT2D eigenvalue weighted by Gasteiger charge is -2.35. The fourth-order valence-corrected chi connectivity index (χ4v) is 6.35. The summed E-state index contributed by atoms with van der Waals surface area (Å²) < 4.78 is 34.7. The van der Waals surface area contributed by atoms with Gasteiger partial charge in [-0.05, 0) is 75.2 Å². The Hall–Kier alpha value is -4.63. The normalized spacial score (nSPS) is 12.2. The van der Waals surface area contributed by atoms with Crippen molar-refractivity contribution in [2.45, 2.75) is 57.1 Å². The molecule has 4 aromatic rings. The second-order valence-electron chi connectivity index (χ2n) is 12.0. The van der Waals surface area contributed by atoms with Gasteiger partial charge in [-0.25, -0.2) is 8.42 Å². The molecule has 0 fully saturated rings. The molecule has 236 valence electrons. The molecule has 1 N–H and O–H groups in total. The van der Waals surface area contributed by atoms with Crippen molar-refractivity contribution in [3.63, 3.8) is 0 Å². The summed E-state index contributed by atoms with van der Waals surface area (Å²) in [4.78, 5) is 30.0. The first-order chi connectivity index (χ1) is 21.4. The van der Waals surface area contributed by atoms with Gasteiger partial charge >= 0.3 is 0 Å². The first-order valence-corrected chi connectivity index (χ1v) is 16.2. The van der Waals surface area contributed by atoms with E-state index in [-0.39, 0.29) is 23.8 Å². The number of para-hydroxylation sites is 1. The van der Waals surface area contributed by atoms with Crippen LogP contribution in [0.15, 0.2) is 114 Å². The van der Waals surface area contributed by atoms with Gasteiger partial charge in [0.1, 0.15) is 18.3 Å². The quantitative estimate of drug-likeness (QED) is 0.216. The topological polar surface area (TPSA) is 96.0 Å². The van der Waals surface area contributed by atoms with Crippen molar-refractivity contribution in [2.24, 2.45) is 0 Å². The summed E-state index contributed by atoms with van der Waals surface area (Å²) in [5.41, 5.74) is 2.28. The summed E-state index contributed by atoms with van der Waals surface area (Å²) in [5.74, 6) is -0.260. The number of aryl methyl sites for hydroxylation is 1. The predicted octanol–water partition coefficient (Wildman–Crippen LogP) is 5.75. The molecule has 0 saturated heterocycles. The molecule has 1 unspecified atom stereocenters. The van der Waals surface area contributed by atoms with Gasteiger partial charge in [0.15, 0.2) is 0 Å². The number of carbonyl (C=O) groups is 2. The number of rotatable bonds is 12. The summed E-state index contributed by atoms with van der Waals surface area (Å²) in [7, 11) is -2.59. The van der Waals surface area contributed by atoms with E-state index in [0.717, 1.165) is 21.0 Å². The zero-order chi connectivity index (χ0) is 32.6. The lowest BCUT2D eigenvalue weighted by atomic mass is 10.0. The number of nitrogens with one attached hydrogen (secondary N) is 1. The van der Waals surface area contributed by atoms with Gasteiger partial charge in [0.2, 0.25) is 11.8 Å². The predicted molar refractivity (Wildman–Crippen MR) is 178 cm³/mol. The molecule has 1 atom stereocenters. The summed E-state index contributed by atoms with van der Waals surface area (Å²) in [6, 6.07) is 30.8.